The summed E-state index contributed by atoms with van der Waals surface area (Å²) >= 11 is 5.64. The van der Waals surface area contributed by atoms with Gasteiger partial charge in [0.05, 0.1) is 11.3 Å². The Kier molecular flexibility index (Phi) is 3.69. The molecule has 0 saturated carbocycles. The van der Waals surface area contributed by atoms with Crippen LogP contribution < -0.4 is 5.73 Å². The highest BCUT2D eigenvalue weighted by molar-refractivity contribution is 6.30. The molecule has 2 rings (SSSR count). The summed E-state index contributed by atoms with van der Waals surface area (Å²) in [6.45, 7) is 0.226. The molecule has 1 heterocycles. The van der Waals surface area contributed by atoms with Crippen molar-refractivity contribution in [1.29, 1.82) is 0 Å². The third kappa shape index (κ3) is 2.55. The Bertz CT molecular complexity index is 601. The number of halogens is 2. The van der Waals surface area contributed by atoms with Crippen molar-refractivity contribution < 1.29 is 9.18 Å². The molecule has 0 saturated heterocycles. The van der Waals surface area contributed by atoms with Crippen molar-refractivity contribution in [2.24, 2.45) is 5.73 Å². The van der Waals surface area contributed by atoms with Gasteiger partial charge in [-0.25, -0.2) is 4.39 Å². The van der Waals surface area contributed by atoms with Crippen molar-refractivity contribution in [1.82, 2.24) is 4.98 Å². The number of rotatable bonds is 3. The highest BCUT2D eigenvalue weighted by atomic mass is 35.5. The van der Waals surface area contributed by atoms with E-state index in [1.165, 1.54) is 24.4 Å². The summed E-state index contributed by atoms with van der Waals surface area (Å²) in [7, 11) is 0. The molecule has 5 heteroatoms. The van der Waals surface area contributed by atoms with E-state index < -0.39 is 11.6 Å². The number of carbonyl (C=O) groups excluding carboxylic acids is 1. The van der Waals surface area contributed by atoms with Gasteiger partial charge in [-0.1, -0.05) is 11.6 Å². The molecule has 0 aliphatic carbocycles. The fourth-order valence-electron chi connectivity index (χ4n) is 1.56. The Morgan fingerprint density at radius 2 is 2.11 bits per heavy atom. The van der Waals surface area contributed by atoms with Crippen LogP contribution in [0.1, 0.15) is 21.6 Å². The maximum atomic E-state index is 13.6. The first-order chi connectivity index (χ1) is 8.61. The number of pyridine rings is 1. The van der Waals surface area contributed by atoms with Crippen LogP contribution in [0.5, 0.6) is 0 Å². The van der Waals surface area contributed by atoms with Crippen molar-refractivity contribution in [3.63, 3.8) is 0 Å². The molecule has 18 heavy (non-hydrogen) atoms. The first-order valence-electron chi connectivity index (χ1n) is 5.26. The van der Waals surface area contributed by atoms with E-state index in [9.17, 15) is 9.18 Å². The molecule has 2 aromatic rings. The lowest BCUT2D eigenvalue weighted by Crippen LogP contribution is -2.07. The zero-order valence-corrected chi connectivity index (χ0v) is 10.1. The van der Waals surface area contributed by atoms with Crippen molar-refractivity contribution in [3.8, 4) is 0 Å². The second-order valence-corrected chi connectivity index (χ2v) is 4.13. The van der Waals surface area contributed by atoms with Gasteiger partial charge in [-0.2, -0.15) is 0 Å². The van der Waals surface area contributed by atoms with Gasteiger partial charge >= 0.3 is 0 Å². The van der Waals surface area contributed by atoms with Gasteiger partial charge < -0.3 is 5.73 Å². The Morgan fingerprint density at radius 1 is 1.33 bits per heavy atom. The SMILES string of the molecule is NCc1cc(C(=O)c2ccc(Cl)cc2F)ccn1. The second-order valence-electron chi connectivity index (χ2n) is 3.69. The minimum Gasteiger partial charge on any atom is -0.325 e. The van der Waals surface area contributed by atoms with Crippen LogP contribution in [0.4, 0.5) is 4.39 Å². The molecular formula is C13H10ClFN2O. The summed E-state index contributed by atoms with van der Waals surface area (Å²) in [5.41, 5.74) is 6.35. The van der Waals surface area contributed by atoms with Gasteiger partial charge in [0.1, 0.15) is 5.82 Å². The lowest BCUT2D eigenvalue weighted by atomic mass is 10.0. The van der Waals surface area contributed by atoms with Crippen LogP contribution >= 0.6 is 11.6 Å². The molecule has 0 unspecified atom stereocenters. The van der Waals surface area contributed by atoms with Crippen molar-refractivity contribution in [3.05, 3.63) is 64.2 Å². The molecular weight excluding hydrogens is 255 g/mol. The third-order valence-corrected chi connectivity index (χ3v) is 2.70. The summed E-state index contributed by atoms with van der Waals surface area (Å²) in [4.78, 5) is 16.1. The van der Waals surface area contributed by atoms with Crippen LogP contribution in [-0.2, 0) is 6.54 Å². The Balaban J connectivity index is 2.41. The molecule has 0 aliphatic heterocycles. The fourth-order valence-corrected chi connectivity index (χ4v) is 1.72. The lowest BCUT2D eigenvalue weighted by molar-refractivity contribution is 0.103. The van der Waals surface area contributed by atoms with Gasteiger partial charge in [0.2, 0.25) is 0 Å². The van der Waals surface area contributed by atoms with Gasteiger partial charge in [0.25, 0.3) is 0 Å². The largest absolute Gasteiger partial charge is 0.325 e. The quantitative estimate of drug-likeness (QED) is 0.867. The summed E-state index contributed by atoms with van der Waals surface area (Å²) < 4.78 is 13.6. The van der Waals surface area contributed by atoms with Crippen LogP contribution in [0.25, 0.3) is 0 Å². The normalized spacial score (nSPS) is 10.4. The average molecular weight is 265 g/mol. The Hall–Kier alpha value is -1.78. The van der Waals surface area contributed by atoms with Crippen LogP contribution in [0.2, 0.25) is 5.02 Å². The number of carbonyl (C=O) groups is 1. The first kappa shape index (κ1) is 12.7. The smallest absolute Gasteiger partial charge is 0.196 e. The molecule has 92 valence electrons. The maximum Gasteiger partial charge on any atom is 0.196 e. The number of nitrogens with zero attached hydrogens (tertiary/aromatic N) is 1. The fraction of sp³-hybridized carbons (Fsp3) is 0.0769. The topological polar surface area (TPSA) is 56.0 Å². The van der Waals surface area contributed by atoms with E-state index in [-0.39, 0.29) is 17.1 Å². The van der Waals surface area contributed by atoms with Crippen LogP contribution in [0.15, 0.2) is 36.5 Å². The van der Waals surface area contributed by atoms with Gasteiger partial charge in [-0.3, -0.25) is 9.78 Å². The molecule has 3 nitrogen and oxygen atoms in total. The lowest BCUT2D eigenvalue weighted by Gasteiger charge is -2.04. The highest BCUT2D eigenvalue weighted by Gasteiger charge is 2.14. The van der Waals surface area contributed by atoms with E-state index in [1.807, 2.05) is 0 Å². The summed E-state index contributed by atoms with van der Waals surface area (Å²) in [6, 6.07) is 7.02. The van der Waals surface area contributed by atoms with E-state index in [2.05, 4.69) is 4.98 Å². The maximum absolute atomic E-state index is 13.6. The van der Waals surface area contributed by atoms with Crippen molar-refractivity contribution >= 4 is 17.4 Å². The van der Waals surface area contributed by atoms with Crippen LogP contribution in [0, 0.1) is 5.82 Å². The standard InChI is InChI=1S/C13H10ClFN2O/c14-9-1-2-11(12(15)6-9)13(18)8-3-4-17-10(5-8)7-16/h1-6H,7,16H2. The van der Waals surface area contributed by atoms with Gasteiger partial charge in [-0.05, 0) is 30.3 Å². The predicted octanol–water partition coefficient (Wildman–Crippen LogP) is 2.56. The molecule has 0 atom stereocenters. The van der Waals surface area contributed by atoms with Gasteiger partial charge in [-0.15, -0.1) is 0 Å². The number of hydrogen-bond donors (Lipinski definition) is 1. The molecule has 0 spiro atoms. The zero-order chi connectivity index (χ0) is 13.1. The summed E-state index contributed by atoms with van der Waals surface area (Å²) in [6.07, 6.45) is 1.48. The van der Waals surface area contributed by atoms with Gasteiger partial charge in [0, 0.05) is 23.3 Å². The van der Waals surface area contributed by atoms with Crippen molar-refractivity contribution in [2.45, 2.75) is 6.54 Å². The van der Waals surface area contributed by atoms with Gasteiger partial charge in [0.15, 0.2) is 5.78 Å². The van der Waals surface area contributed by atoms with E-state index in [0.717, 1.165) is 6.07 Å². The molecule has 0 bridgehead atoms. The van der Waals surface area contributed by atoms with E-state index >= 15 is 0 Å². The third-order valence-electron chi connectivity index (χ3n) is 2.46. The molecule has 1 aromatic heterocycles. The number of nitrogens with two attached hydrogens (primary N) is 1. The summed E-state index contributed by atoms with van der Waals surface area (Å²) in [5.74, 6) is -1.06. The molecule has 2 N–H and O–H groups in total. The molecule has 1 aromatic carbocycles. The zero-order valence-electron chi connectivity index (χ0n) is 9.36. The second kappa shape index (κ2) is 5.25. The molecule has 0 aliphatic rings. The molecule has 0 amide bonds. The number of aromatic nitrogens is 1. The minimum absolute atomic E-state index is 0.0198. The van der Waals surface area contributed by atoms with Crippen LogP contribution in [0.3, 0.4) is 0 Å². The minimum atomic E-state index is -0.640. The number of benzene rings is 1. The van der Waals surface area contributed by atoms with E-state index in [1.54, 1.807) is 6.07 Å². The molecule has 0 radical (unpaired) electrons. The monoisotopic (exact) mass is 264 g/mol. The average Bonchev–Trinajstić information content (AvgIpc) is 2.38. The highest BCUT2D eigenvalue weighted by Crippen LogP contribution is 2.18. The summed E-state index contributed by atoms with van der Waals surface area (Å²) in [5, 5.41) is 0.251. The van der Waals surface area contributed by atoms with Crippen molar-refractivity contribution in [2.75, 3.05) is 0 Å². The van der Waals surface area contributed by atoms with Crippen LogP contribution in [-0.4, -0.2) is 10.8 Å². The van der Waals surface area contributed by atoms with E-state index in [0.29, 0.717) is 11.3 Å². The predicted molar refractivity (Wildman–Crippen MR) is 67.0 cm³/mol. The number of hydrogen-bond acceptors (Lipinski definition) is 3. The number of ketones is 1. The Morgan fingerprint density at radius 3 is 2.78 bits per heavy atom. The first-order valence-corrected chi connectivity index (χ1v) is 5.64. The molecule has 0 fully saturated rings. The van der Waals surface area contributed by atoms with E-state index in [4.69, 9.17) is 17.3 Å². The Labute approximate surface area is 108 Å².